The van der Waals surface area contributed by atoms with Gasteiger partial charge in [-0.2, -0.15) is 5.26 Å². The van der Waals surface area contributed by atoms with E-state index in [-0.39, 0.29) is 5.56 Å². The van der Waals surface area contributed by atoms with E-state index in [1.54, 1.807) is 15.9 Å². The van der Waals surface area contributed by atoms with E-state index < -0.39 is 0 Å². The van der Waals surface area contributed by atoms with Gasteiger partial charge in [-0.05, 0) is 19.4 Å². The molecule has 19 heavy (non-hydrogen) atoms. The molecule has 0 N–H and O–H groups in total. The van der Waals surface area contributed by atoms with Crippen LogP contribution in [0, 0.1) is 11.3 Å². The van der Waals surface area contributed by atoms with Crippen LogP contribution in [-0.2, 0) is 13.0 Å². The molecule has 0 aliphatic carbocycles. The lowest BCUT2D eigenvalue weighted by atomic mass is 10.3. The molecule has 0 radical (unpaired) electrons. The summed E-state index contributed by atoms with van der Waals surface area (Å²) < 4.78 is 1.69. The minimum absolute atomic E-state index is 0.0305. The second kappa shape index (κ2) is 6.22. The van der Waals surface area contributed by atoms with Crippen LogP contribution in [-0.4, -0.2) is 15.3 Å². The normalized spacial score (nSPS) is 10.8. The third kappa shape index (κ3) is 2.82. The third-order valence-electron chi connectivity index (χ3n) is 2.78. The fourth-order valence-corrected chi connectivity index (χ4v) is 3.71. The first kappa shape index (κ1) is 14.1. The van der Waals surface area contributed by atoms with E-state index in [0.29, 0.717) is 24.1 Å². The molecule has 0 aliphatic heterocycles. The van der Waals surface area contributed by atoms with Gasteiger partial charge in [-0.3, -0.25) is 9.36 Å². The van der Waals surface area contributed by atoms with Gasteiger partial charge in [0.1, 0.15) is 4.83 Å². The van der Waals surface area contributed by atoms with Gasteiger partial charge in [0.15, 0.2) is 5.16 Å². The highest BCUT2D eigenvalue weighted by atomic mass is 32.2. The molecular formula is C13H15N3OS2. The molecule has 4 nitrogen and oxygen atoms in total. The molecule has 2 rings (SSSR count). The molecule has 0 saturated carbocycles. The minimum atomic E-state index is 0.0305. The van der Waals surface area contributed by atoms with E-state index in [1.165, 1.54) is 16.6 Å². The first-order chi connectivity index (χ1) is 9.21. The highest BCUT2D eigenvalue weighted by Crippen LogP contribution is 2.25. The number of nitriles is 1. The van der Waals surface area contributed by atoms with Gasteiger partial charge in [0.25, 0.3) is 5.56 Å². The van der Waals surface area contributed by atoms with Crippen LogP contribution < -0.4 is 5.56 Å². The maximum absolute atomic E-state index is 12.4. The number of fused-ring (bicyclic) bond motifs is 1. The molecule has 2 aromatic heterocycles. The van der Waals surface area contributed by atoms with Gasteiger partial charge < -0.3 is 0 Å². The monoisotopic (exact) mass is 293 g/mol. The van der Waals surface area contributed by atoms with Crippen molar-refractivity contribution in [1.82, 2.24) is 9.55 Å². The van der Waals surface area contributed by atoms with Crippen LogP contribution in [0.5, 0.6) is 0 Å². The number of hydrogen-bond acceptors (Lipinski definition) is 5. The predicted octanol–water partition coefficient (Wildman–Crippen LogP) is 3.05. The summed E-state index contributed by atoms with van der Waals surface area (Å²) in [6.07, 6.45) is 1.39. The summed E-state index contributed by atoms with van der Waals surface area (Å²) in [4.78, 5) is 19.0. The fourth-order valence-electron chi connectivity index (χ4n) is 1.80. The summed E-state index contributed by atoms with van der Waals surface area (Å²) >= 11 is 3.06. The Labute approximate surface area is 120 Å². The second-order valence-electron chi connectivity index (χ2n) is 3.99. The molecule has 0 amide bonds. The van der Waals surface area contributed by atoms with Gasteiger partial charge in [0.05, 0.1) is 11.5 Å². The SMILES string of the molecule is CCc1cc2c(=O)n(CC)c(SCCC#N)nc2s1. The lowest BCUT2D eigenvalue weighted by Gasteiger charge is -2.08. The standard InChI is InChI=1S/C13H15N3OS2/c1-3-9-8-10-11(19-9)15-13(18-7-5-6-14)16(4-2)12(10)17/h8H,3-5,7H2,1-2H3. The Hall–Kier alpha value is -1.32. The number of thiophene rings is 1. The van der Waals surface area contributed by atoms with Gasteiger partial charge in [-0.25, -0.2) is 4.98 Å². The molecule has 0 aliphatic rings. The maximum atomic E-state index is 12.4. The van der Waals surface area contributed by atoms with Crippen LogP contribution in [0.25, 0.3) is 10.2 Å². The van der Waals surface area contributed by atoms with Gasteiger partial charge in [-0.1, -0.05) is 18.7 Å². The molecule has 0 atom stereocenters. The highest BCUT2D eigenvalue weighted by molar-refractivity contribution is 7.99. The minimum Gasteiger partial charge on any atom is -0.287 e. The molecule has 0 unspecified atom stereocenters. The average Bonchev–Trinajstić information content (AvgIpc) is 2.83. The lowest BCUT2D eigenvalue weighted by molar-refractivity contribution is 0.635. The largest absolute Gasteiger partial charge is 0.287 e. The Morgan fingerprint density at radius 3 is 2.95 bits per heavy atom. The number of rotatable bonds is 5. The molecule has 0 aromatic carbocycles. The summed E-state index contributed by atoms with van der Waals surface area (Å²) in [7, 11) is 0. The summed E-state index contributed by atoms with van der Waals surface area (Å²) in [6.45, 7) is 4.62. The van der Waals surface area contributed by atoms with Crippen molar-refractivity contribution in [3.63, 3.8) is 0 Å². The van der Waals surface area contributed by atoms with Crippen molar-refractivity contribution in [3.05, 3.63) is 21.3 Å². The molecule has 0 saturated heterocycles. The predicted molar refractivity (Wildman–Crippen MR) is 79.9 cm³/mol. The Bertz CT molecular complexity index is 681. The van der Waals surface area contributed by atoms with E-state index in [1.807, 2.05) is 13.0 Å². The number of aryl methyl sites for hydroxylation is 1. The zero-order valence-electron chi connectivity index (χ0n) is 11.0. The van der Waals surface area contributed by atoms with Crippen molar-refractivity contribution in [2.75, 3.05) is 5.75 Å². The van der Waals surface area contributed by atoms with Crippen molar-refractivity contribution in [2.24, 2.45) is 0 Å². The molecule has 2 aromatic rings. The quantitative estimate of drug-likeness (QED) is 0.483. The van der Waals surface area contributed by atoms with Crippen LogP contribution in [0.4, 0.5) is 0 Å². The first-order valence-electron chi connectivity index (χ1n) is 6.24. The highest BCUT2D eigenvalue weighted by Gasteiger charge is 2.12. The zero-order valence-corrected chi connectivity index (χ0v) is 12.6. The molecule has 100 valence electrons. The van der Waals surface area contributed by atoms with E-state index in [0.717, 1.165) is 16.4 Å². The van der Waals surface area contributed by atoms with Crippen LogP contribution in [0.1, 0.15) is 25.1 Å². The summed E-state index contributed by atoms with van der Waals surface area (Å²) in [5.74, 6) is 0.667. The van der Waals surface area contributed by atoms with E-state index in [4.69, 9.17) is 5.26 Å². The molecule has 0 fully saturated rings. The topological polar surface area (TPSA) is 58.7 Å². The molecule has 0 bridgehead atoms. The zero-order chi connectivity index (χ0) is 13.8. The van der Waals surface area contributed by atoms with E-state index >= 15 is 0 Å². The van der Waals surface area contributed by atoms with Crippen LogP contribution in [0.2, 0.25) is 0 Å². The van der Waals surface area contributed by atoms with Crippen LogP contribution in [0.15, 0.2) is 16.0 Å². The molecule has 2 heterocycles. The molecule has 6 heteroatoms. The smallest absolute Gasteiger partial charge is 0.262 e. The number of aromatic nitrogens is 2. The average molecular weight is 293 g/mol. The van der Waals surface area contributed by atoms with Crippen molar-refractivity contribution < 1.29 is 0 Å². The first-order valence-corrected chi connectivity index (χ1v) is 8.04. The number of hydrogen-bond donors (Lipinski definition) is 0. The molecule has 0 spiro atoms. The van der Waals surface area contributed by atoms with Gasteiger partial charge >= 0.3 is 0 Å². The molecular weight excluding hydrogens is 278 g/mol. The van der Waals surface area contributed by atoms with Gasteiger partial charge in [0.2, 0.25) is 0 Å². The van der Waals surface area contributed by atoms with Crippen molar-refractivity contribution in [3.8, 4) is 6.07 Å². The van der Waals surface area contributed by atoms with Crippen molar-refractivity contribution in [1.29, 1.82) is 5.26 Å². The summed E-state index contributed by atoms with van der Waals surface area (Å²) in [6, 6.07) is 4.06. The third-order valence-corrected chi connectivity index (χ3v) is 4.93. The second-order valence-corrected chi connectivity index (χ2v) is 6.16. The maximum Gasteiger partial charge on any atom is 0.262 e. The van der Waals surface area contributed by atoms with Crippen LogP contribution >= 0.6 is 23.1 Å². The van der Waals surface area contributed by atoms with Gasteiger partial charge in [0, 0.05) is 23.6 Å². The Balaban J connectivity index is 2.51. The van der Waals surface area contributed by atoms with Gasteiger partial charge in [-0.15, -0.1) is 11.3 Å². The van der Waals surface area contributed by atoms with Crippen molar-refractivity contribution in [2.45, 2.75) is 38.4 Å². The summed E-state index contributed by atoms with van der Waals surface area (Å²) in [5, 5.41) is 10.0. The Morgan fingerprint density at radius 2 is 2.32 bits per heavy atom. The lowest BCUT2D eigenvalue weighted by Crippen LogP contribution is -2.21. The summed E-state index contributed by atoms with van der Waals surface area (Å²) in [5.41, 5.74) is 0.0305. The van der Waals surface area contributed by atoms with Crippen LogP contribution in [0.3, 0.4) is 0 Å². The van der Waals surface area contributed by atoms with E-state index in [9.17, 15) is 4.79 Å². The Kier molecular flexibility index (Phi) is 4.61. The Morgan fingerprint density at radius 1 is 1.53 bits per heavy atom. The number of nitrogens with zero attached hydrogens (tertiary/aromatic N) is 3. The van der Waals surface area contributed by atoms with Crippen molar-refractivity contribution >= 4 is 33.3 Å². The number of thioether (sulfide) groups is 1. The van der Waals surface area contributed by atoms with E-state index in [2.05, 4.69) is 18.0 Å². The fraction of sp³-hybridized carbons (Fsp3) is 0.462.